The third-order valence-corrected chi connectivity index (χ3v) is 3.06. The molecule has 2 saturated heterocycles. The van der Waals surface area contributed by atoms with Gasteiger partial charge in [-0.2, -0.15) is 0 Å². The molecule has 1 amide bonds. The van der Waals surface area contributed by atoms with Crippen LogP contribution in [0.15, 0.2) is 0 Å². The topological polar surface area (TPSA) is 23.6 Å². The highest BCUT2D eigenvalue weighted by Crippen LogP contribution is 2.29. The van der Waals surface area contributed by atoms with Crippen LogP contribution in [0.1, 0.15) is 12.8 Å². The van der Waals surface area contributed by atoms with Crippen molar-refractivity contribution in [2.24, 2.45) is 0 Å². The first kappa shape index (κ1) is 7.10. The summed E-state index contributed by atoms with van der Waals surface area (Å²) in [5.74, 6) is 0.312. The van der Waals surface area contributed by atoms with Crippen molar-refractivity contribution in [1.29, 1.82) is 0 Å². The molecule has 2 aliphatic rings. The van der Waals surface area contributed by atoms with Gasteiger partial charge in [-0.3, -0.25) is 4.79 Å². The Morgan fingerprint density at radius 1 is 1.36 bits per heavy atom. The van der Waals surface area contributed by atoms with Crippen LogP contribution in [-0.4, -0.2) is 48.4 Å². The van der Waals surface area contributed by atoms with Crippen molar-refractivity contribution in [2.75, 3.05) is 20.6 Å². The van der Waals surface area contributed by atoms with E-state index in [9.17, 15) is 4.79 Å². The second-order valence-corrected chi connectivity index (χ2v) is 3.61. The Bertz CT molecular complexity index is 193. The first-order chi connectivity index (χ1) is 5.20. The molecule has 0 aliphatic carbocycles. The number of nitrogens with zero attached hydrogens (tertiary/aromatic N) is 2. The molecule has 2 aliphatic heterocycles. The van der Waals surface area contributed by atoms with E-state index in [0.717, 1.165) is 19.4 Å². The molecule has 0 aromatic heterocycles. The van der Waals surface area contributed by atoms with Gasteiger partial charge in [0.15, 0.2) is 0 Å². The maximum absolute atomic E-state index is 11.2. The number of rotatable bonds is 0. The quantitative estimate of drug-likeness (QED) is 0.487. The maximum Gasteiger partial charge on any atom is 0.224 e. The maximum atomic E-state index is 11.2. The summed E-state index contributed by atoms with van der Waals surface area (Å²) in [6.07, 6.45) is 1.89. The van der Waals surface area contributed by atoms with Gasteiger partial charge in [-0.15, -0.1) is 0 Å². The monoisotopic (exact) mass is 154 g/mol. The van der Waals surface area contributed by atoms with Crippen LogP contribution in [0.25, 0.3) is 0 Å². The number of likely N-dealkylation sites (tertiary alicyclic amines) is 2. The lowest BCUT2D eigenvalue weighted by atomic mass is 10.1. The first-order valence-corrected chi connectivity index (χ1v) is 4.16. The number of hydrogen-bond acceptors (Lipinski definition) is 2. The van der Waals surface area contributed by atoms with Crippen molar-refractivity contribution in [3.05, 3.63) is 0 Å². The number of fused-ring (bicyclic) bond motifs is 1. The lowest BCUT2D eigenvalue weighted by Gasteiger charge is -2.19. The van der Waals surface area contributed by atoms with Crippen molar-refractivity contribution in [3.8, 4) is 0 Å². The van der Waals surface area contributed by atoms with Crippen LogP contribution in [-0.2, 0) is 4.79 Å². The number of carbonyl (C=O) groups is 1. The Morgan fingerprint density at radius 2 is 2.09 bits per heavy atom. The summed E-state index contributed by atoms with van der Waals surface area (Å²) < 4.78 is 0. The van der Waals surface area contributed by atoms with E-state index in [4.69, 9.17) is 0 Å². The van der Waals surface area contributed by atoms with E-state index in [0.29, 0.717) is 18.0 Å². The van der Waals surface area contributed by atoms with Gasteiger partial charge in [0.2, 0.25) is 5.91 Å². The molecule has 0 aromatic rings. The van der Waals surface area contributed by atoms with Crippen LogP contribution in [0.5, 0.6) is 0 Å². The molecule has 2 atom stereocenters. The summed E-state index contributed by atoms with van der Waals surface area (Å²) >= 11 is 0. The van der Waals surface area contributed by atoms with E-state index in [1.165, 1.54) is 0 Å². The normalized spacial score (nSPS) is 38.4. The molecule has 3 nitrogen and oxygen atoms in total. The Morgan fingerprint density at radius 3 is 2.73 bits per heavy atom. The molecular formula is C8H14N2O. The molecule has 0 unspecified atom stereocenters. The molecular weight excluding hydrogens is 140 g/mol. The summed E-state index contributed by atoms with van der Waals surface area (Å²) in [7, 11) is 4.03. The molecule has 62 valence electrons. The zero-order valence-corrected chi connectivity index (χ0v) is 7.08. The summed E-state index contributed by atoms with van der Waals surface area (Å²) in [6.45, 7) is 1.15. The molecule has 2 rings (SSSR count). The van der Waals surface area contributed by atoms with Gasteiger partial charge in [-0.25, -0.2) is 0 Å². The molecule has 0 bridgehead atoms. The van der Waals surface area contributed by atoms with Gasteiger partial charge < -0.3 is 9.80 Å². The highest BCUT2D eigenvalue weighted by Gasteiger charge is 2.43. The van der Waals surface area contributed by atoms with Crippen LogP contribution in [0.4, 0.5) is 0 Å². The third-order valence-electron chi connectivity index (χ3n) is 3.06. The van der Waals surface area contributed by atoms with Gasteiger partial charge in [0.05, 0.1) is 0 Å². The van der Waals surface area contributed by atoms with Crippen LogP contribution >= 0.6 is 0 Å². The van der Waals surface area contributed by atoms with Crippen LogP contribution < -0.4 is 0 Å². The van der Waals surface area contributed by atoms with Crippen molar-refractivity contribution >= 4 is 5.91 Å². The predicted octanol–water partition coefficient (Wildman–Crippen LogP) is -0.0788. The first-order valence-electron chi connectivity index (χ1n) is 4.16. The van der Waals surface area contributed by atoms with Gasteiger partial charge in [0, 0.05) is 32.1 Å². The summed E-state index contributed by atoms with van der Waals surface area (Å²) in [5.41, 5.74) is 0. The fourth-order valence-electron chi connectivity index (χ4n) is 2.24. The van der Waals surface area contributed by atoms with E-state index in [2.05, 4.69) is 11.9 Å². The van der Waals surface area contributed by atoms with Crippen LogP contribution in [0.2, 0.25) is 0 Å². The van der Waals surface area contributed by atoms with E-state index in [-0.39, 0.29) is 0 Å². The molecule has 0 N–H and O–H groups in total. The second kappa shape index (κ2) is 2.21. The summed E-state index contributed by atoms with van der Waals surface area (Å²) in [5, 5.41) is 0. The molecule has 11 heavy (non-hydrogen) atoms. The van der Waals surface area contributed by atoms with E-state index in [1.807, 2.05) is 11.9 Å². The lowest BCUT2D eigenvalue weighted by molar-refractivity contribution is -0.127. The van der Waals surface area contributed by atoms with E-state index in [1.54, 1.807) is 0 Å². The Labute approximate surface area is 67.0 Å². The van der Waals surface area contributed by atoms with Crippen molar-refractivity contribution in [3.63, 3.8) is 0 Å². The smallest absolute Gasteiger partial charge is 0.224 e. The Kier molecular flexibility index (Phi) is 1.42. The fourth-order valence-corrected chi connectivity index (χ4v) is 2.24. The molecule has 3 heteroatoms. The van der Waals surface area contributed by atoms with Crippen molar-refractivity contribution < 1.29 is 4.79 Å². The average Bonchev–Trinajstić information content (AvgIpc) is 2.43. The molecule has 0 aromatic carbocycles. The fraction of sp³-hybridized carbons (Fsp3) is 0.875. The number of amides is 1. The molecule has 2 fully saturated rings. The number of likely N-dealkylation sites (N-methyl/N-ethyl adjacent to an activating group) is 2. The average molecular weight is 154 g/mol. The summed E-state index contributed by atoms with van der Waals surface area (Å²) in [4.78, 5) is 15.4. The zero-order chi connectivity index (χ0) is 8.01. The summed E-state index contributed by atoms with van der Waals surface area (Å²) in [6, 6.07) is 1.01. The highest BCUT2D eigenvalue weighted by molar-refractivity contribution is 5.79. The molecule has 0 radical (unpaired) electrons. The Hall–Kier alpha value is -0.570. The van der Waals surface area contributed by atoms with Gasteiger partial charge >= 0.3 is 0 Å². The van der Waals surface area contributed by atoms with Gasteiger partial charge in [0.25, 0.3) is 0 Å². The third kappa shape index (κ3) is 0.872. The van der Waals surface area contributed by atoms with Crippen LogP contribution in [0, 0.1) is 0 Å². The Balaban J connectivity index is 2.18. The number of hydrogen-bond donors (Lipinski definition) is 0. The number of carbonyl (C=O) groups excluding carboxylic acids is 1. The minimum absolute atomic E-state index is 0.312. The van der Waals surface area contributed by atoms with E-state index >= 15 is 0 Å². The van der Waals surface area contributed by atoms with E-state index < -0.39 is 0 Å². The lowest BCUT2D eigenvalue weighted by Crippen LogP contribution is -2.33. The van der Waals surface area contributed by atoms with Gasteiger partial charge in [-0.1, -0.05) is 0 Å². The minimum Gasteiger partial charge on any atom is -0.341 e. The second-order valence-electron chi connectivity index (χ2n) is 3.61. The molecule has 0 spiro atoms. The minimum atomic E-state index is 0.312. The standard InChI is InChI=1S/C8H14N2O/c1-9-4-3-6-7(9)5-8(11)10(6)2/h6-7H,3-5H2,1-2H3/t6-,7-/m0/s1. The van der Waals surface area contributed by atoms with Crippen LogP contribution in [0.3, 0.4) is 0 Å². The van der Waals surface area contributed by atoms with Gasteiger partial charge in [-0.05, 0) is 13.5 Å². The predicted molar refractivity (Wildman–Crippen MR) is 42.2 cm³/mol. The van der Waals surface area contributed by atoms with Gasteiger partial charge in [0.1, 0.15) is 0 Å². The largest absolute Gasteiger partial charge is 0.341 e. The SMILES string of the molecule is CN1CC[C@H]2[C@@H]1CC(=O)N2C. The molecule has 0 saturated carbocycles. The highest BCUT2D eigenvalue weighted by atomic mass is 16.2. The van der Waals surface area contributed by atoms with Crippen molar-refractivity contribution in [2.45, 2.75) is 24.9 Å². The zero-order valence-electron chi connectivity index (χ0n) is 7.08. The molecule has 2 heterocycles. The van der Waals surface area contributed by atoms with Crippen molar-refractivity contribution in [1.82, 2.24) is 9.80 Å².